The summed E-state index contributed by atoms with van der Waals surface area (Å²) in [5, 5.41) is 28.4. The Bertz CT molecular complexity index is 1640. The molecule has 1 amide bonds. The van der Waals surface area contributed by atoms with Crippen molar-refractivity contribution >= 4 is 60.8 Å². The van der Waals surface area contributed by atoms with Crippen LogP contribution >= 0.6 is 22.7 Å². The van der Waals surface area contributed by atoms with Gasteiger partial charge in [0.1, 0.15) is 32.7 Å². The van der Waals surface area contributed by atoms with E-state index in [9.17, 15) is 4.79 Å². The van der Waals surface area contributed by atoms with Gasteiger partial charge in [0, 0.05) is 36.6 Å². The fraction of sp³-hybridized carbons (Fsp3) is 0.250. The van der Waals surface area contributed by atoms with Gasteiger partial charge in [0.2, 0.25) is 16.2 Å². The molecule has 0 aliphatic heterocycles. The number of aromatic nitrogens is 4. The average Bonchev–Trinajstić information content (AvgIpc) is 3.73. The van der Waals surface area contributed by atoms with Crippen molar-refractivity contribution in [2.75, 3.05) is 17.2 Å². The molecule has 0 aliphatic carbocycles. The van der Waals surface area contributed by atoms with Crippen LogP contribution in [0.1, 0.15) is 34.4 Å². The topological polar surface area (TPSA) is 119 Å². The van der Waals surface area contributed by atoms with Gasteiger partial charge in [0.05, 0.1) is 6.42 Å². The predicted octanol–water partition coefficient (Wildman–Crippen LogP) is 6.28. The van der Waals surface area contributed by atoms with Crippen molar-refractivity contribution < 1.29 is 13.6 Å². The molecule has 0 bridgehead atoms. The molecule has 0 aliphatic rings. The molecule has 6 rings (SSSR count). The average molecular weight is 559 g/mol. The fourth-order valence-corrected chi connectivity index (χ4v) is 5.89. The summed E-state index contributed by atoms with van der Waals surface area (Å²) in [6, 6.07) is 19.7. The monoisotopic (exact) mass is 558 g/mol. The molecule has 2 N–H and O–H groups in total. The summed E-state index contributed by atoms with van der Waals surface area (Å²) < 4.78 is 11.6. The molecular weight excluding hydrogens is 532 g/mol. The van der Waals surface area contributed by atoms with Crippen LogP contribution in [0.25, 0.3) is 21.9 Å². The van der Waals surface area contributed by atoms with Crippen LogP contribution in [0.5, 0.6) is 0 Å². The Kier molecular flexibility index (Phi) is 7.59. The van der Waals surface area contributed by atoms with Crippen LogP contribution in [-0.2, 0) is 30.5 Å². The molecule has 0 spiro atoms. The van der Waals surface area contributed by atoms with E-state index in [2.05, 4.69) is 43.2 Å². The Hall–Kier alpha value is -4.09. The standard InChI is InChI=1S/C28H26N6O3S2/c35-24(17-21-16-19-8-2-4-10-23(19)37-21)30-28-34-32-26(39-28)12-6-5-11-25-31-33-27(38-25)29-14-13-20-15-18-7-1-3-9-22(18)36-20/h1-4,7-10,15-16H,5-6,11-14,17H2,(H,29,33)(H,30,34,35). The minimum atomic E-state index is -0.171. The van der Waals surface area contributed by atoms with Crippen molar-refractivity contribution in [1.29, 1.82) is 0 Å². The van der Waals surface area contributed by atoms with Crippen molar-refractivity contribution in [3.05, 3.63) is 82.2 Å². The molecule has 9 nitrogen and oxygen atoms in total. The SMILES string of the molecule is O=C(Cc1cc2ccccc2o1)Nc1nnc(CCCCc2nnc(NCCc3cc4ccccc4o3)s2)s1. The molecule has 4 heterocycles. The van der Waals surface area contributed by atoms with Crippen LogP contribution in [0.3, 0.4) is 0 Å². The van der Waals surface area contributed by atoms with E-state index in [1.165, 1.54) is 11.3 Å². The molecule has 0 radical (unpaired) electrons. The van der Waals surface area contributed by atoms with Crippen LogP contribution < -0.4 is 10.6 Å². The van der Waals surface area contributed by atoms with Gasteiger partial charge in [-0.1, -0.05) is 59.1 Å². The fourth-order valence-electron chi connectivity index (χ4n) is 4.28. The largest absolute Gasteiger partial charge is 0.461 e. The third kappa shape index (κ3) is 6.50. The van der Waals surface area contributed by atoms with E-state index in [1.807, 2.05) is 48.5 Å². The Morgan fingerprint density at radius 3 is 2.00 bits per heavy atom. The Labute approximate surface area is 232 Å². The quantitative estimate of drug-likeness (QED) is 0.168. The number of para-hydroxylation sites is 2. The second kappa shape index (κ2) is 11.7. The molecule has 11 heteroatoms. The zero-order chi connectivity index (χ0) is 26.4. The number of anilines is 2. The number of nitrogens with zero attached hydrogens (tertiary/aromatic N) is 4. The van der Waals surface area contributed by atoms with Crippen LogP contribution in [0.4, 0.5) is 10.3 Å². The number of benzene rings is 2. The molecule has 0 saturated heterocycles. The van der Waals surface area contributed by atoms with Gasteiger partial charge in [-0.2, -0.15) is 0 Å². The first-order chi connectivity index (χ1) is 19.2. The number of furan rings is 2. The lowest BCUT2D eigenvalue weighted by Crippen LogP contribution is -2.13. The highest BCUT2D eigenvalue weighted by Gasteiger charge is 2.12. The summed E-state index contributed by atoms with van der Waals surface area (Å²) in [7, 11) is 0. The minimum absolute atomic E-state index is 0.155. The third-order valence-electron chi connectivity index (χ3n) is 6.15. The van der Waals surface area contributed by atoms with Gasteiger partial charge < -0.3 is 19.5 Å². The van der Waals surface area contributed by atoms with Gasteiger partial charge in [0.25, 0.3) is 0 Å². The van der Waals surface area contributed by atoms with E-state index in [-0.39, 0.29) is 12.3 Å². The Morgan fingerprint density at radius 2 is 1.31 bits per heavy atom. The minimum Gasteiger partial charge on any atom is -0.461 e. The third-order valence-corrected chi connectivity index (χ3v) is 7.99. The number of amides is 1. The number of aryl methyl sites for hydroxylation is 2. The summed E-state index contributed by atoms with van der Waals surface area (Å²) >= 11 is 3.00. The highest BCUT2D eigenvalue weighted by molar-refractivity contribution is 7.15. The number of carbonyl (C=O) groups is 1. The molecular formula is C28H26N6O3S2. The molecule has 39 heavy (non-hydrogen) atoms. The van der Waals surface area contributed by atoms with E-state index in [0.29, 0.717) is 10.9 Å². The van der Waals surface area contributed by atoms with Crippen LogP contribution in [0.15, 0.2) is 69.5 Å². The summed E-state index contributed by atoms with van der Waals surface area (Å²) in [4.78, 5) is 12.4. The van der Waals surface area contributed by atoms with Crippen LogP contribution in [-0.4, -0.2) is 32.8 Å². The van der Waals surface area contributed by atoms with Crippen molar-refractivity contribution in [2.24, 2.45) is 0 Å². The normalized spacial score (nSPS) is 11.4. The first kappa shape index (κ1) is 25.2. The second-order valence-corrected chi connectivity index (χ2v) is 11.2. The van der Waals surface area contributed by atoms with Crippen LogP contribution in [0, 0.1) is 0 Å². The van der Waals surface area contributed by atoms with Gasteiger partial charge in [0.15, 0.2) is 0 Å². The number of nitrogens with one attached hydrogen (secondary N) is 2. The molecule has 6 aromatic rings. The van der Waals surface area contributed by atoms with E-state index in [1.54, 1.807) is 11.3 Å². The Balaban J connectivity index is 0.894. The molecule has 4 aromatic heterocycles. The summed E-state index contributed by atoms with van der Waals surface area (Å²) in [5.41, 5.74) is 1.69. The van der Waals surface area contributed by atoms with Crippen LogP contribution in [0.2, 0.25) is 0 Å². The van der Waals surface area contributed by atoms with Crippen molar-refractivity contribution in [2.45, 2.75) is 38.5 Å². The van der Waals surface area contributed by atoms with Crippen molar-refractivity contribution in [1.82, 2.24) is 20.4 Å². The molecule has 0 atom stereocenters. The summed E-state index contributed by atoms with van der Waals surface area (Å²) in [6.07, 6.45) is 4.54. The van der Waals surface area contributed by atoms with Gasteiger partial charge in [-0.3, -0.25) is 4.79 Å². The smallest absolute Gasteiger partial charge is 0.233 e. The van der Waals surface area contributed by atoms with E-state index in [4.69, 9.17) is 8.83 Å². The van der Waals surface area contributed by atoms with Crippen molar-refractivity contribution in [3.63, 3.8) is 0 Å². The maximum Gasteiger partial charge on any atom is 0.233 e. The molecule has 0 fully saturated rings. The highest BCUT2D eigenvalue weighted by Crippen LogP contribution is 2.23. The lowest BCUT2D eigenvalue weighted by atomic mass is 10.2. The number of fused-ring (bicyclic) bond motifs is 2. The zero-order valence-corrected chi connectivity index (χ0v) is 22.7. The molecule has 0 unspecified atom stereocenters. The van der Waals surface area contributed by atoms with E-state index in [0.717, 1.165) is 81.5 Å². The second-order valence-electron chi connectivity index (χ2n) is 9.11. The Morgan fingerprint density at radius 1 is 0.718 bits per heavy atom. The molecule has 2 aromatic carbocycles. The van der Waals surface area contributed by atoms with Gasteiger partial charge in [-0.25, -0.2) is 0 Å². The summed E-state index contributed by atoms with van der Waals surface area (Å²) in [6.45, 7) is 0.739. The lowest BCUT2D eigenvalue weighted by Gasteiger charge is -1.99. The van der Waals surface area contributed by atoms with E-state index < -0.39 is 0 Å². The van der Waals surface area contributed by atoms with Gasteiger partial charge >= 0.3 is 0 Å². The zero-order valence-electron chi connectivity index (χ0n) is 21.1. The van der Waals surface area contributed by atoms with Gasteiger partial charge in [-0.15, -0.1) is 20.4 Å². The molecule has 0 saturated carbocycles. The number of hydrogen-bond donors (Lipinski definition) is 2. The van der Waals surface area contributed by atoms with Crippen molar-refractivity contribution in [3.8, 4) is 0 Å². The maximum absolute atomic E-state index is 12.4. The van der Waals surface area contributed by atoms with Gasteiger partial charge in [-0.05, 0) is 37.1 Å². The number of carbonyl (C=O) groups excluding carboxylic acids is 1. The highest BCUT2D eigenvalue weighted by atomic mass is 32.1. The predicted molar refractivity (Wildman–Crippen MR) is 153 cm³/mol. The lowest BCUT2D eigenvalue weighted by molar-refractivity contribution is -0.115. The first-order valence-electron chi connectivity index (χ1n) is 12.8. The maximum atomic E-state index is 12.4. The number of hydrogen-bond acceptors (Lipinski definition) is 10. The summed E-state index contributed by atoms with van der Waals surface area (Å²) in [5.74, 6) is 1.41. The first-order valence-corrected chi connectivity index (χ1v) is 14.4. The number of unbranched alkanes of at least 4 members (excludes halogenated alkanes) is 1. The molecule has 198 valence electrons. The van der Waals surface area contributed by atoms with E-state index >= 15 is 0 Å². The number of rotatable bonds is 12.